The Labute approximate surface area is 132 Å². The van der Waals surface area contributed by atoms with Crippen LogP contribution in [0.15, 0.2) is 18.2 Å². The van der Waals surface area contributed by atoms with Crippen molar-refractivity contribution in [1.82, 2.24) is 15.5 Å². The summed E-state index contributed by atoms with van der Waals surface area (Å²) < 4.78 is 10.4. The van der Waals surface area contributed by atoms with Gasteiger partial charge in [-0.3, -0.25) is 0 Å². The fraction of sp³-hybridized carbons (Fsp3) is 0.562. The number of methoxy groups -OCH3 is 2. The second-order valence-electron chi connectivity index (χ2n) is 4.83. The van der Waals surface area contributed by atoms with E-state index in [9.17, 15) is 4.79 Å². The minimum Gasteiger partial charge on any atom is -0.493 e. The first kappa shape index (κ1) is 18.1. The second-order valence-corrected chi connectivity index (χ2v) is 4.83. The number of hydrogen-bond acceptors (Lipinski definition) is 4. The van der Waals surface area contributed by atoms with E-state index < -0.39 is 0 Å². The summed E-state index contributed by atoms with van der Waals surface area (Å²) in [5.41, 5.74) is 0.955. The fourth-order valence-electron chi connectivity index (χ4n) is 2.10. The summed E-state index contributed by atoms with van der Waals surface area (Å²) in [6, 6.07) is 5.42. The highest BCUT2D eigenvalue weighted by Gasteiger charge is 2.06. The zero-order valence-corrected chi connectivity index (χ0v) is 13.9. The Hall–Kier alpha value is -1.95. The summed E-state index contributed by atoms with van der Waals surface area (Å²) >= 11 is 0. The van der Waals surface area contributed by atoms with Crippen LogP contribution < -0.4 is 20.1 Å². The molecule has 0 fully saturated rings. The molecule has 1 aromatic rings. The molecule has 1 aromatic carbocycles. The first-order chi connectivity index (χ1) is 10.6. The number of urea groups is 1. The molecule has 124 valence electrons. The Morgan fingerprint density at radius 1 is 1.09 bits per heavy atom. The van der Waals surface area contributed by atoms with Gasteiger partial charge in [0.2, 0.25) is 0 Å². The average molecular weight is 309 g/mol. The molecule has 0 bridgehead atoms. The second kappa shape index (κ2) is 9.89. The summed E-state index contributed by atoms with van der Waals surface area (Å²) in [7, 11) is 3.19. The van der Waals surface area contributed by atoms with E-state index >= 15 is 0 Å². The first-order valence-electron chi connectivity index (χ1n) is 7.59. The van der Waals surface area contributed by atoms with Crippen LogP contribution in [0.2, 0.25) is 0 Å². The smallest absolute Gasteiger partial charge is 0.315 e. The van der Waals surface area contributed by atoms with Crippen molar-refractivity contribution in [2.24, 2.45) is 0 Å². The van der Waals surface area contributed by atoms with Crippen LogP contribution >= 0.6 is 0 Å². The maximum absolute atomic E-state index is 11.8. The van der Waals surface area contributed by atoms with E-state index in [0.717, 1.165) is 25.2 Å². The van der Waals surface area contributed by atoms with Crippen molar-refractivity contribution in [3.63, 3.8) is 0 Å². The topological polar surface area (TPSA) is 62.8 Å². The Kier molecular flexibility index (Phi) is 8.14. The molecular weight excluding hydrogens is 282 g/mol. The molecule has 0 radical (unpaired) electrons. The minimum atomic E-state index is -0.165. The van der Waals surface area contributed by atoms with E-state index in [1.807, 2.05) is 18.2 Å². The van der Waals surface area contributed by atoms with Gasteiger partial charge in [-0.2, -0.15) is 0 Å². The Bertz CT molecular complexity index is 462. The molecule has 0 atom stereocenters. The van der Waals surface area contributed by atoms with Gasteiger partial charge in [0.25, 0.3) is 0 Å². The quantitative estimate of drug-likeness (QED) is 0.731. The molecule has 0 saturated carbocycles. The van der Waals surface area contributed by atoms with Crippen LogP contribution in [0.1, 0.15) is 19.4 Å². The van der Waals surface area contributed by atoms with Gasteiger partial charge >= 0.3 is 6.03 Å². The van der Waals surface area contributed by atoms with Crippen LogP contribution in [0, 0.1) is 0 Å². The third kappa shape index (κ3) is 5.81. The van der Waals surface area contributed by atoms with E-state index in [1.165, 1.54) is 0 Å². The maximum atomic E-state index is 11.8. The molecule has 0 aromatic heterocycles. The van der Waals surface area contributed by atoms with Gasteiger partial charge in [-0.25, -0.2) is 4.79 Å². The Morgan fingerprint density at radius 2 is 1.77 bits per heavy atom. The lowest BCUT2D eigenvalue weighted by molar-refractivity contribution is 0.236. The van der Waals surface area contributed by atoms with Crippen molar-refractivity contribution in [3.05, 3.63) is 23.8 Å². The van der Waals surface area contributed by atoms with Gasteiger partial charge < -0.3 is 25.0 Å². The lowest BCUT2D eigenvalue weighted by Gasteiger charge is -2.18. The normalized spacial score (nSPS) is 10.4. The van der Waals surface area contributed by atoms with Crippen LogP contribution in [-0.4, -0.2) is 51.3 Å². The molecule has 6 nitrogen and oxygen atoms in total. The molecule has 0 aliphatic heterocycles. The molecular formula is C16H27N3O3. The van der Waals surface area contributed by atoms with Gasteiger partial charge in [0.1, 0.15) is 0 Å². The van der Waals surface area contributed by atoms with Gasteiger partial charge in [-0.15, -0.1) is 0 Å². The number of hydrogen-bond donors (Lipinski definition) is 2. The van der Waals surface area contributed by atoms with E-state index in [4.69, 9.17) is 9.47 Å². The number of rotatable bonds is 9. The number of ether oxygens (including phenoxy) is 2. The molecule has 0 aliphatic carbocycles. The van der Waals surface area contributed by atoms with Crippen molar-refractivity contribution >= 4 is 6.03 Å². The largest absolute Gasteiger partial charge is 0.493 e. The van der Waals surface area contributed by atoms with E-state index in [1.54, 1.807) is 14.2 Å². The maximum Gasteiger partial charge on any atom is 0.315 e. The van der Waals surface area contributed by atoms with Crippen LogP contribution in [0.4, 0.5) is 4.79 Å². The third-order valence-electron chi connectivity index (χ3n) is 3.51. The number of carbonyl (C=O) groups excluding carboxylic acids is 1. The number of benzene rings is 1. The highest BCUT2D eigenvalue weighted by Crippen LogP contribution is 2.27. The molecule has 0 unspecified atom stereocenters. The molecule has 6 heteroatoms. The monoisotopic (exact) mass is 309 g/mol. The molecule has 2 N–H and O–H groups in total. The predicted molar refractivity (Wildman–Crippen MR) is 87.6 cm³/mol. The summed E-state index contributed by atoms with van der Waals surface area (Å²) in [4.78, 5) is 14.0. The molecule has 0 aliphatic rings. The fourth-order valence-corrected chi connectivity index (χ4v) is 2.10. The van der Waals surface area contributed by atoms with Crippen LogP contribution in [0.25, 0.3) is 0 Å². The third-order valence-corrected chi connectivity index (χ3v) is 3.51. The molecule has 2 amide bonds. The predicted octanol–water partition coefficient (Wildman–Crippen LogP) is 1.84. The van der Waals surface area contributed by atoms with Crippen molar-refractivity contribution in [3.8, 4) is 11.5 Å². The van der Waals surface area contributed by atoms with Crippen molar-refractivity contribution < 1.29 is 14.3 Å². The van der Waals surface area contributed by atoms with Gasteiger partial charge in [0, 0.05) is 19.6 Å². The van der Waals surface area contributed by atoms with Crippen LogP contribution in [0.3, 0.4) is 0 Å². The van der Waals surface area contributed by atoms with Crippen molar-refractivity contribution in [1.29, 1.82) is 0 Å². The zero-order chi connectivity index (χ0) is 16.4. The molecule has 0 spiro atoms. The highest BCUT2D eigenvalue weighted by molar-refractivity contribution is 5.73. The average Bonchev–Trinajstić information content (AvgIpc) is 2.56. The minimum absolute atomic E-state index is 0.165. The van der Waals surface area contributed by atoms with Gasteiger partial charge in [0.15, 0.2) is 11.5 Å². The van der Waals surface area contributed by atoms with Gasteiger partial charge in [-0.1, -0.05) is 19.9 Å². The summed E-state index contributed by atoms with van der Waals surface area (Å²) in [5.74, 6) is 1.33. The molecule has 1 rings (SSSR count). The standard InChI is InChI=1S/C16H27N3O3/c1-5-19(6-2)10-9-17-16(20)18-12-13-7-8-14(21-3)15(11-13)22-4/h7-8,11H,5-6,9-10,12H2,1-4H3,(H2,17,18,20). The van der Waals surface area contributed by atoms with E-state index in [2.05, 4.69) is 29.4 Å². The summed E-state index contributed by atoms with van der Waals surface area (Å²) in [5, 5.41) is 5.69. The zero-order valence-electron chi connectivity index (χ0n) is 13.9. The number of nitrogens with one attached hydrogen (secondary N) is 2. The van der Waals surface area contributed by atoms with Gasteiger partial charge in [-0.05, 0) is 30.8 Å². The molecule has 22 heavy (non-hydrogen) atoms. The first-order valence-corrected chi connectivity index (χ1v) is 7.59. The number of amides is 2. The number of carbonyl (C=O) groups is 1. The Morgan fingerprint density at radius 3 is 2.36 bits per heavy atom. The van der Waals surface area contributed by atoms with E-state index in [-0.39, 0.29) is 6.03 Å². The SMILES string of the molecule is CCN(CC)CCNC(=O)NCc1ccc(OC)c(OC)c1. The molecule has 0 saturated heterocycles. The highest BCUT2D eigenvalue weighted by atomic mass is 16.5. The van der Waals surface area contributed by atoms with Crippen LogP contribution in [0.5, 0.6) is 11.5 Å². The summed E-state index contributed by atoms with van der Waals surface area (Å²) in [6.45, 7) is 8.14. The van der Waals surface area contributed by atoms with Crippen LogP contribution in [-0.2, 0) is 6.54 Å². The lowest BCUT2D eigenvalue weighted by Crippen LogP contribution is -2.40. The lowest BCUT2D eigenvalue weighted by atomic mass is 10.2. The summed E-state index contributed by atoms with van der Waals surface area (Å²) in [6.07, 6.45) is 0. The number of nitrogens with zero attached hydrogens (tertiary/aromatic N) is 1. The van der Waals surface area contributed by atoms with Gasteiger partial charge in [0.05, 0.1) is 14.2 Å². The molecule has 0 heterocycles. The van der Waals surface area contributed by atoms with E-state index in [0.29, 0.717) is 24.6 Å². The van der Waals surface area contributed by atoms with Crippen molar-refractivity contribution in [2.75, 3.05) is 40.4 Å². The van der Waals surface area contributed by atoms with Crippen molar-refractivity contribution in [2.45, 2.75) is 20.4 Å². The Balaban J connectivity index is 2.38. The number of likely N-dealkylation sites (N-methyl/N-ethyl adjacent to an activating group) is 1.